The highest BCUT2D eigenvalue weighted by atomic mass is 32.2. The fraction of sp³-hybridized carbons (Fsp3) is 0.214. The average Bonchev–Trinajstić information content (AvgIpc) is 2.45. The number of pyridine rings is 1. The second kappa shape index (κ2) is 6.13. The third-order valence-electron chi connectivity index (χ3n) is 3.07. The standard InChI is InChI=1S/C14H17N3O2S/c1-20(18,19)13-6-4-12(5-7-13)14(17-15)9-11-3-2-8-16-10-11/h2-8,10,14,17H,9,15H2,1H3. The van der Waals surface area contributed by atoms with Gasteiger partial charge in [-0.05, 0) is 35.7 Å². The molecule has 3 N–H and O–H groups in total. The first-order valence-electron chi connectivity index (χ1n) is 6.16. The van der Waals surface area contributed by atoms with Crippen molar-refractivity contribution >= 4 is 9.84 Å². The van der Waals surface area contributed by atoms with E-state index in [1.807, 2.05) is 12.1 Å². The number of hydrazine groups is 1. The molecule has 1 unspecified atom stereocenters. The predicted molar refractivity (Wildman–Crippen MR) is 77.6 cm³/mol. The normalized spacial score (nSPS) is 13.1. The van der Waals surface area contributed by atoms with Crippen LogP contribution in [0, 0.1) is 0 Å². The van der Waals surface area contributed by atoms with E-state index in [0.717, 1.165) is 11.1 Å². The van der Waals surface area contributed by atoms with Gasteiger partial charge in [-0.3, -0.25) is 16.3 Å². The van der Waals surface area contributed by atoms with Crippen molar-refractivity contribution in [3.05, 3.63) is 59.9 Å². The zero-order valence-electron chi connectivity index (χ0n) is 11.2. The highest BCUT2D eigenvalue weighted by Gasteiger charge is 2.12. The van der Waals surface area contributed by atoms with E-state index in [2.05, 4.69) is 10.4 Å². The quantitative estimate of drug-likeness (QED) is 0.639. The van der Waals surface area contributed by atoms with Crippen LogP contribution in [-0.2, 0) is 16.3 Å². The molecule has 0 saturated carbocycles. The molecule has 20 heavy (non-hydrogen) atoms. The summed E-state index contributed by atoms with van der Waals surface area (Å²) in [6, 6.07) is 10.5. The van der Waals surface area contributed by atoms with Crippen LogP contribution in [-0.4, -0.2) is 19.7 Å². The lowest BCUT2D eigenvalue weighted by Crippen LogP contribution is -2.29. The molecule has 0 amide bonds. The van der Waals surface area contributed by atoms with Crippen LogP contribution >= 0.6 is 0 Å². The molecule has 6 heteroatoms. The third-order valence-corrected chi connectivity index (χ3v) is 4.20. The Bertz CT molecular complexity index is 655. The first-order valence-corrected chi connectivity index (χ1v) is 8.05. The summed E-state index contributed by atoms with van der Waals surface area (Å²) in [7, 11) is -3.17. The Morgan fingerprint density at radius 1 is 1.25 bits per heavy atom. The van der Waals surface area contributed by atoms with Gasteiger partial charge in [0.1, 0.15) is 0 Å². The van der Waals surface area contributed by atoms with Crippen molar-refractivity contribution in [1.82, 2.24) is 10.4 Å². The fourth-order valence-electron chi connectivity index (χ4n) is 1.97. The zero-order valence-corrected chi connectivity index (χ0v) is 12.0. The number of hydrogen-bond acceptors (Lipinski definition) is 5. The van der Waals surface area contributed by atoms with Gasteiger partial charge in [-0.1, -0.05) is 18.2 Å². The molecule has 0 aliphatic heterocycles. The Balaban J connectivity index is 2.20. The van der Waals surface area contributed by atoms with Crippen LogP contribution in [0.25, 0.3) is 0 Å². The van der Waals surface area contributed by atoms with E-state index < -0.39 is 9.84 Å². The van der Waals surface area contributed by atoms with Crippen molar-refractivity contribution in [2.45, 2.75) is 17.4 Å². The van der Waals surface area contributed by atoms with Crippen molar-refractivity contribution in [2.75, 3.05) is 6.26 Å². The second-order valence-electron chi connectivity index (χ2n) is 4.63. The van der Waals surface area contributed by atoms with E-state index in [0.29, 0.717) is 11.3 Å². The van der Waals surface area contributed by atoms with Crippen molar-refractivity contribution in [3.8, 4) is 0 Å². The topological polar surface area (TPSA) is 85.1 Å². The third kappa shape index (κ3) is 3.63. The molecule has 1 atom stereocenters. The Morgan fingerprint density at radius 3 is 2.45 bits per heavy atom. The summed E-state index contributed by atoms with van der Waals surface area (Å²) in [5, 5.41) is 0. The zero-order chi connectivity index (χ0) is 14.6. The summed E-state index contributed by atoms with van der Waals surface area (Å²) in [6.45, 7) is 0. The summed E-state index contributed by atoms with van der Waals surface area (Å²) in [5.41, 5.74) is 4.74. The monoisotopic (exact) mass is 291 g/mol. The maximum absolute atomic E-state index is 11.4. The van der Waals surface area contributed by atoms with E-state index in [1.54, 1.807) is 36.7 Å². The maximum atomic E-state index is 11.4. The van der Waals surface area contributed by atoms with Gasteiger partial charge >= 0.3 is 0 Å². The van der Waals surface area contributed by atoms with Gasteiger partial charge in [0.25, 0.3) is 0 Å². The summed E-state index contributed by atoms with van der Waals surface area (Å²) >= 11 is 0. The molecule has 2 aromatic rings. The van der Waals surface area contributed by atoms with Gasteiger partial charge in [-0.15, -0.1) is 0 Å². The molecule has 0 saturated heterocycles. The molecule has 1 aromatic carbocycles. The number of nitrogens with two attached hydrogens (primary N) is 1. The van der Waals surface area contributed by atoms with Crippen LogP contribution in [0.2, 0.25) is 0 Å². The molecule has 1 aromatic heterocycles. The fourth-order valence-corrected chi connectivity index (χ4v) is 2.61. The minimum atomic E-state index is -3.17. The van der Waals surface area contributed by atoms with Crippen molar-refractivity contribution in [2.24, 2.45) is 5.84 Å². The van der Waals surface area contributed by atoms with Crippen molar-refractivity contribution in [3.63, 3.8) is 0 Å². The van der Waals surface area contributed by atoms with Gasteiger partial charge in [-0.2, -0.15) is 0 Å². The average molecular weight is 291 g/mol. The summed E-state index contributed by atoms with van der Waals surface area (Å²) < 4.78 is 22.9. The molecule has 0 fully saturated rings. The lowest BCUT2D eigenvalue weighted by molar-refractivity contribution is 0.550. The molecule has 0 bridgehead atoms. The summed E-state index contributed by atoms with van der Waals surface area (Å²) in [6.07, 6.45) is 5.38. The Hall–Kier alpha value is -1.76. The van der Waals surface area contributed by atoms with Crippen LogP contribution < -0.4 is 11.3 Å². The Kier molecular flexibility index (Phi) is 4.49. The van der Waals surface area contributed by atoms with Gasteiger partial charge in [0.15, 0.2) is 9.84 Å². The number of aromatic nitrogens is 1. The second-order valence-corrected chi connectivity index (χ2v) is 6.64. The molecule has 0 aliphatic carbocycles. The highest BCUT2D eigenvalue weighted by Crippen LogP contribution is 2.19. The van der Waals surface area contributed by atoms with Crippen LogP contribution in [0.15, 0.2) is 53.7 Å². The van der Waals surface area contributed by atoms with Crippen LogP contribution in [0.3, 0.4) is 0 Å². The van der Waals surface area contributed by atoms with Gasteiger partial charge in [0.05, 0.1) is 10.9 Å². The SMILES string of the molecule is CS(=O)(=O)c1ccc(C(Cc2cccnc2)NN)cc1. The largest absolute Gasteiger partial charge is 0.271 e. The first kappa shape index (κ1) is 14.6. The van der Waals surface area contributed by atoms with Crippen LogP contribution in [0.4, 0.5) is 0 Å². The van der Waals surface area contributed by atoms with Crippen molar-refractivity contribution < 1.29 is 8.42 Å². The van der Waals surface area contributed by atoms with E-state index in [9.17, 15) is 8.42 Å². The Labute approximate surface area is 118 Å². The molecule has 0 radical (unpaired) electrons. The number of sulfone groups is 1. The predicted octanol–water partition coefficient (Wildman–Crippen LogP) is 1.23. The Morgan fingerprint density at radius 2 is 1.95 bits per heavy atom. The molecular formula is C14H17N3O2S. The lowest BCUT2D eigenvalue weighted by atomic mass is 10.0. The van der Waals surface area contributed by atoms with E-state index in [1.165, 1.54) is 6.26 Å². The van der Waals surface area contributed by atoms with Gasteiger partial charge in [0.2, 0.25) is 0 Å². The van der Waals surface area contributed by atoms with Gasteiger partial charge < -0.3 is 0 Å². The molecule has 2 rings (SSSR count). The summed E-state index contributed by atoms with van der Waals surface area (Å²) in [4.78, 5) is 4.37. The number of benzene rings is 1. The van der Waals surface area contributed by atoms with E-state index >= 15 is 0 Å². The van der Waals surface area contributed by atoms with Crippen LogP contribution in [0.5, 0.6) is 0 Å². The van der Waals surface area contributed by atoms with E-state index in [-0.39, 0.29) is 6.04 Å². The number of hydrogen-bond donors (Lipinski definition) is 2. The van der Waals surface area contributed by atoms with Gasteiger partial charge in [-0.25, -0.2) is 8.42 Å². The number of rotatable bonds is 5. The highest BCUT2D eigenvalue weighted by molar-refractivity contribution is 7.90. The molecule has 0 aliphatic rings. The lowest BCUT2D eigenvalue weighted by Gasteiger charge is -2.16. The maximum Gasteiger partial charge on any atom is 0.175 e. The summed E-state index contributed by atoms with van der Waals surface area (Å²) in [5.74, 6) is 5.59. The molecular weight excluding hydrogens is 274 g/mol. The smallest absolute Gasteiger partial charge is 0.175 e. The minimum absolute atomic E-state index is 0.0900. The molecule has 1 heterocycles. The first-order chi connectivity index (χ1) is 9.50. The number of nitrogens with one attached hydrogen (secondary N) is 1. The number of nitrogens with zero attached hydrogens (tertiary/aromatic N) is 1. The molecule has 0 spiro atoms. The molecule has 5 nitrogen and oxygen atoms in total. The molecule has 106 valence electrons. The van der Waals surface area contributed by atoms with E-state index in [4.69, 9.17) is 5.84 Å². The minimum Gasteiger partial charge on any atom is -0.271 e. The van der Waals surface area contributed by atoms with Crippen molar-refractivity contribution in [1.29, 1.82) is 0 Å². The van der Waals surface area contributed by atoms with Crippen LogP contribution in [0.1, 0.15) is 17.2 Å². The van der Waals surface area contributed by atoms with Gasteiger partial charge in [0, 0.05) is 18.6 Å².